The second kappa shape index (κ2) is 7.96. The van der Waals surface area contributed by atoms with Crippen LogP contribution in [0.25, 0.3) is 0 Å². The lowest BCUT2D eigenvalue weighted by molar-refractivity contribution is -0.152. The first kappa shape index (κ1) is 19.2. The molecule has 27 heavy (non-hydrogen) atoms. The fourth-order valence-electron chi connectivity index (χ4n) is 3.95. The number of aromatic hydroxyl groups is 1. The van der Waals surface area contributed by atoms with Gasteiger partial charge in [-0.25, -0.2) is 4.79 Å². The van der Waals surface area contributed by atoms with E-state index in [1.165, 1.54) is 21.9 Å². The van der Waals surface area contributed by atoms with Crippen molar-refractivity contribution in [2.45, 2.75) is 50.2 Å². The monoisotopic (exact) mass is 375 g/mol. The zero-order valence-corrected chi connectivity index (χ0v) is 15.1. The number of carboxylic acids is 1. The van der Waals surface area contributed by atoms with E-state index in [2.05, 4.69) is 0 Å². The van der Waals surface area contributed by atoms with Crippen molar-refractivity contribution in [1.29, 1.82) is 0 Å². The number of amides is 2. The summed E-state index contributed by atoms with van der Waals surface area (Å²) in [5.41, 5.74) is 6.91. The molecule has 3 atom stereocenters. The number of phenolic OH excluding ortho intramolecular Hbond substituents is 1. The van der Waals surface area contributed by atoms with Crippen LogP contribution in [-0.2, 0) is 20.8 Å². The molecule has 8 heteroatoms. The highest BCUT2D eigenvalue weighted by Gasteiger charge is 2.42. The molecule has 146 valence electrons. The minimum atomic E-state index is -0.999. The van der Waals surface area contributed by atoms with E-state index >= 15 is 0 Å². The Hall–Kier alpha value is -2.61. The van der Waals surface area contributed by atoms with E-state index in [9.17, 15) is 24.6 Å². The van der Waals surface area contributed by atoms with E-state index in [1.807, 2.05) is 0 Å². The van der Waals surface area contributed by atoms with Crippen LogP contribution in [-0.4, -0.2) is 69.0 Å². The highest BCUT2D eigenvalue weighted by molar-refractivity contribution is 5.92. The summed E-state index contributed by atoms with van der Waals surface area (Å²) in [5, 5.41) is 18.7. The summed E-state index contributed by atoms with van der Waals surface area (Å²) in [7, 11) is 0. The number of likely N-dealkylation sites (tertiary alicyclic amines) is 2. The maximum Gasteiger partial charge on any atom is 0.326 e. The SMILES string of the molecule is NC(Cc1ccc(O)cc1)C(=O)N1CCCC1C(=O)N1CCCC1C(=O)O. The lowest BCUT2D eigenvalue weighted by Crippen LogP contribution is -2.54. The number of hydrogen-bond acceptors (Lipinski definition) is 5. The predicted molar refractivity (Wildman–Crippen MR) is 96.9 cm³/mol. The van der Waals surface area contributed by atoms with Gasteiger partial charge < -0.3 is 25.7 Å². The van der Waals surface area contributed by atoms with Gasteiger partial charge in [-0.1, -0.05) is 12.1 Å². The highest BCUT2D eigenvalue weighted by atomic mass is 16.4. The average Bonchev–Trinajstić information content (AvgIpc) is 3.31. The number of carboxylic acid groups (broad SMARTS) is 1. The smallest absolute Gasteiger partial charge is 0.326 e. The predicted octanol–water partition coefficient (Wildman–Crippen LogP) is 0.329. The second-order valence-electron chi connectivity index (χ2n) is 7.19. The van der Waals surface area contributed by atoms with E-state index in [4.69, 9.17) is 5.73 Å². The highest BCUT2D eigenvalue weighted by Crippen LogP contribution is 2.25. The van der Waals surface area contributed by atoms with Gasteiger partial charge in [-0.15, -0.1) is 0 Å². The molecular weight excluding hydrogens is 350 g/mol. The molecular formula is C19H25N3O5. The molecule has 1 aromatic carbocycles. The first-order valence-corrected chi connectivity index (χ1v) is 9.25. The molecule has 2 aliphatic heterocycles. The van der Waals surface area contributed by atoms with Gasteiger partial charge in [0.2, 0.25) is 11.8 Å². The van der Waals surface area contributed by atoms with Crippen molar-refractivity contribution >= 4 is 17.8 Å². The lowest BCUT2D eigenvalue weighted by atomic mass is 10.0. The van der Waals surface area contributed by atoms with Gasteiger partial charge >= 0.3 is 5.97 Å². The minimum absolute atomic E-state index is 0.141. The molecule has 3 rings (SSSR count). The van der Waals surface area contributed by atoms with Crippen LogP contribution in [0.1, 0.15) is 31.2 Å². The number of nitrogens with two attached hydrogens (primary N) is 1. The summed E-state index contributed by atoms with van der Waals surface area (Å²) >= 11 is 0. The number of carbonyl (C=O) groups is 3. The first-order valence-electron chi connectivity index (χ1n) is 9.25. The second-order valence-corrected chi connectivity index (χ2v) is 7.19. The van der Waals surface area contributed by atoms with E-state index in [-0.39, 0.29) is 17.6 Å². The average molecular weight is 375 g/mol. The molecule has 0 radical (unpaired) electrons. The summed E-state index contributed by atoms with van der Waals surface area (Å²) in [6, 6.07) is 4.25. The van der Waals surface area contributed by atoms with E-state index in [0.29, 0.717) is 45.2 Å². The van der Waals surface area contributed by atoms with Gasteiger partial charge in [-0.3, -0.25) is 9.59 Å². The zero-order chi connectivity index (χ0) is 19.6. The molecule has 2 heterocycles. The molecule has 3 unspecified atom stereocenters. The van der Waals surface area contributed by atoms with Crippen molar-refractivity contribution in [3.63, 3.8) is 0 Å². The number of benzene rings is 1. The van der Waals surface area contributed by atoms with Crippen LogP contribution in [0.3, 0.4) is 0 Å². The van der Waals surface area contributed by atoms with E-state index in [1.54, 1.807) is 12.1 Å². The van der Waals surface area contributed by atoms with Gasteiger partial charge in [-0.05, 0) is 49.8 Å². The molecule has 8 nitrogen and oxygen atoms in total. The molecule has 4 N–H and O–H groups in total. The van der Waals surface area contributed by atoms with Gasteiger partial charge in [0.05, 0.1) is 6.04 Å². The first-order chi connectivity index (χ1) is 12.9. The van der Waals surface area contributed by atoms with Crippen LogP contribution in [0.2, 0.25) is 0 Å². The molecule has 2 fully saturated rings. The van der Waals surface area contributed by atoms with Crippen LogP contribution in [0.15, 0.2) is 24.3 Å². The fourth-order valence-corrected chi connectivity index (χ4v) is 3.95. The summed E-state index contributed by atoms with van der Waals surface area (Å²) in [4.78, 5) is 40.0. The van der Waals surface area contributed by atoms with Crippen molar-refractivity contribution in [2.75, 3.05) is 13.1 Å². The number of nitrogens with zero attached hydrogens (tertiary/aromatic N) is 2. The number of carbonyl (C=O) groups excluding carboxylic acids is 2. The van der Waals surface area contributed by atoms with Crippen molar-refractivity contribution in [1.82, 2.24) is 9.80 Å². The van der Waals surface area contributed by atoms with Gasteiger partial charge in [0.15, 0.2) is 0 Å². The van der Waals surface area contributed by atoms with Crippen molar-refractivity contribution in [2.24, 2.45) is 5.73 Å². The van der Waals surface area contributed by atoms with Gasteiger partial charge in [0.25, 0.3) is 0 Å². The Bertz CT molecular complexity index is 721. The van der Waals surface area contributed by atoms with Crippen LogP contribution in [0, 0.1) is 0 Å². The quantitative estimate of drug-likeness (QED) is 0.681. The van der Waals surface area contributed by atoms with Gasteiger partial charge in [-0.2, -0.15) is 0 Å². The third-order valence-electron chi connectivity index (χ3n) is 5.35. The standard InChI is InChI=1S/C19H25N3O5/c20-14(11-12-5-7-13(23)8-6-12)17(24)21-9-1-3-15(21)18(25)22-10-2-4-16(22)19(26)27/h5-8,14-16,23H,1-4,9-11,20H2,(H,26,27). The van der Waals surface area contributed by atoms with E-state index in [0.717, 1.165) is 5.56 Å². The van der Waals surface area contributed by atoms with E-state index < -0.39 is 24.1 Å². The van der Waals surface area contributed by atoms with Gasteiger partial charge in [0.1, 0.15) is 17.8 Å². The summed E-state index contributed by atoms with van der Waals surface area (Å²) in [5.74, 6) is -1.45. The van der Waals surface area contributed by atoms with Crippen LogP contribution in [0.5, 0.6) is 5.75 Å². The van der Waals surface area contributed by atoms with Crippen LogP contribution >= 0.6 is 0 Å². The molecule has 0 saturated carbocycles. The van der Waals surface area contributed by atoms with Gasteiger partial charge in [0, 0.05) is 13.1 Å². The maximum absolute atomic E-state index is 12.9. The Morgan fingerprint density at radius 3 is 2.26 bits per heavy atom. The molecule has 2 amide bonds. The molecule has 2 aliphatic rings. The van der Waals surface area contributed by atoms with Crippen molar-refractivity contribution in [3.05, 3.63) is 29.8 Å². The Morgan fingerprint density at radius 1 is 1.04 bits per heavy atom. The largest absolute Gasteiger partial charge is 0.508 e. The van der Waals surface area contributed by atoms with Crippen LogP contribution in [0.4, 0.5) is 0 Å². The van der Waals surface area contributed by atoms with Crippen molar-refractivity contribution in [3.8, 4) is 5.75 Å². The molecule has 0 spiro atoms. The summed E-state index contributed by atoms with van der Waals surface area (Å²) in [6.45, 7) is 0.859. The Balaban J connectivity index is 1.67. The minimum Gasteiger partial charge on any atom is -0.508 e. The molecule has 1 aromatic rings. The summed E-state index contributed by atoms with van der Waals surface area (Å²) in [6.07, 6.45) is 2.63. The third-order valence-corrected chi connectivity index (χ3v) is 5.35. The Morgan fingerprint density at radius 2 is 1.63 bits per heavy atom. The Labute approximate surface area is 157 Å². The summed E-state index contributed by atoms with van der Waals surface area (Å²) < 4.78 is 0. The van der Waals surface area contributed by atoms with Crippen molar-refractivity contribution < 1.29 is 24.6 Å². The number of phenols is 1. The molecule has 0 bridgehead atoms. The molecule has 0 aliphatic carbocycles. The molecule has 2 saturated heterocycles. The third kappa shape index (κ3) is 4.05. The fraction of sp³-hybridized carbons (Fsp3) is 0.526. The maximum atomic E-state index is 12.9. The lowest BCUT2D eigenvalue weighted by Gasteiger charge is -2.31. The topological polar surface area (TPSA) is 124 Å². The number of rotatable bonds is 5. The zero-order valence-electron chi connectivity index (χ0n) is 15.1. The normalized spacial score (nSPS) is 23.4. The Kier molecular flexibility index (Phi) is 5.65. The molecule has 0 aromatic heterocycles. The van der Waals surface area contributed by atoms with Crippen LogP contribution < -0.4 is 5.73 Å². The number of aliphatic carboxylic acids is 1. The number of hydrogen-bond donors (Lipinski definition) is 3.